The lowest BCUT2D eigenvalue weighted by molar-refractivity contribution is 0.434. The van der Waals surface area contributed by atoms with Crippen LogP contribution < -0.4 is 5.56 Å². The highest BCUT2D eigenvalue weighted by atomic mass is 79.9. The monoisotopic (exact) mass is 360 g/mol. The highest BCUT2D eigenvalue weighted by Gasteiger charge is 2.23. The van der Waals surface area contributed by atoms with E-state index >= 15 is 0 Å². The second kappa shape index (κ2) is 4.58. The maximum Gasteiger partial charge on any atom is 0.264 e. The number of nitrogens with zero attached hydrogens (tertiary/aromatic N) is 3. The molecule has 2 aromatic heterocycles. The molecule has 3 aromatic rings. The predicted octanol–water partition coefficient (Wildman–Crippen LogP) is 1.97. The van der Waals surface area contributed by atoms with Crippen molar-refractivity contribution in [1.82, 2.24) is 19.6 Å². The minimum Gasteiger partial charge on any atom is -0.493 e. The molecule has 0 aliphatic heterocycles. The fourth-order valence-electron chi connectivity index (χ4n) is 1.89. The summed E-state index contributed by atoms with van der Waals surface area (Å²) in [6, 6.07) is 0.803. The van der Waals surface area contributed by atoms with Gasteiger partial charge in [0, 0.05) is 12.1 Å². The topological polar surface area (TPSA) is 83.3 Å². The summed E-state index contributed by atoms with van der Waals surface area (Å²) in [5.41, 5.74) is -2.57. The van der Waals surface area contributed by atoms with Crippen molar-refractivity contribution in [2.75, 3.05) is 0 Å². The fraction of sp³-hybridized carbons (Fsp3) is 0. The van der Waals surface area contributed by atoms with E-state index in [1.165, 1.54) is 0 Å². The smallest absolute Gasteiger partial charge is 0.264 e. The molecule has 0 spiro atoms. The van der Waals surface area contributed by atoms with Crippen molar-refractivity contribution in [3.05, 3.63) is 44.7 Å². The molecule has 0 saturated carbocycles. The Labute approximate surface area is 122 Å². The number of halogens is 4. The van der Waals surface area contributed by atoms with Crippen LogP contribution in [0.4, 0.5) is 13.2 Å². The molecule has 0 amide bonds. The molecule has 0 aliphatic carbocycles. The van der Waals surface area contributed by atoms with Crippen LogP contribution in [0.5, 0.6) is 5.88 Å². The molecule has 10 heteroatoms. The maximum atomic E-state index is 13.8. The number of aromatic amines is 1. The van der Waals surface area contributed by atoms with Gasteiger partial charge < -0.3 is 5.11 Å². The Kier molecular flexibility index (Phi) is 2.97. The molecule has 3 rings (SSSR count). The van der Waals surface area contributed by atoms with Gasteiger partial charge in [-0.1, -0.05) is 0 Å². The number of fused-ring (bicyclic) bond motifs is 1. The van der Waals surface area contributed by atoms with Gasteiger partial charge in [0.25, 0.3) is 5.56 Å². The minimum absolute atomic E-state index is 0.0469. The van der Waals surface area contributed by atoms with E-state index in [0.717, 1.165) is 4.52 Å². The third kappa shape index (κ3) is 2.07. The molecule has 2 N–H and O–H groups in total. The molecule has 0 saturated heterocycles. The minimum atomic E-state index is -1.33. The van der Waals surface area contributed by atoms with Crippen molar-refractivity contribution in [2.24, 2.45) is 0 Å². The second-order valence-corrected chi connectivity index (χ2v) is 4.72. The van der Waals surface area contributed by atoms with Crippen molar-refractivity contribution in [3.8, 4) is 17.0 Å². The molecule has 108 valence electrons. The van der Waals surface area contributed by atoms with Gasteiger partial charge in [0.1, 0.15) is 23.0 Å². The Morgan fingerprint density at radius 2 is 1.81 bits per heavy atom. The predicted molar refractivity (Wildman–Crippen MR) is 68.3 cm³/mol. The Morgan fingerprint density at radius 3 is 2.43 bits per heavy atom. The van der Waals surface area contributed by atoms with Crippen LogP contribution in [0, 0.1) is 17.5 Å². The van der Waals surface area contributed by atoms with Crippen LogP contribution in [-0.2, 0) is 0 Å². The molecule has 2 heterocycles. The van der Waals surface area contributed by atoms with Gasteiger partial charge in [-0.25, -0.2) is 13.2 Å². The summed E-state index contributed by atoms with van der Waals surface area (Å²) in [5, 5.41) is 13.7. The first-order chi connectivity index (χ1) is 9.88. The van der Waals surface area contributed by atoms with Crippen LogP contribution in [0.2, 0.25) is 0 Å². The van der Waals surface area contributed by atoms with Gasteiger partial charge in [-0.2, -0.15) is 9.50 Å². The fourth-order valence-corrected chi connectivity index (χ4v) is 2.22. The molecule has 0 atom stereocenters. The van der Waals surface area contributed by atoms with E-state index in [-0.39, 0.29) is 10.5 Å². The van der Waals surface area contributed by atoms with Crippen LogP contribution in [0.25, 0.3) is 16.9 Å². The van der Waals surface area contributed by atoms with Gasteiger partial charge in [-0.3, -0.25) is 9.78 Å². The van der Waals surface area contributed by atoms with Crippen LogP contribution >= 0.6 is 15.9 Å². The highest BCUT2D eigenvalue weighted by Crippen LogP contribution is 2.30. The standard InChI is InChI=1S/C11H4BrF3N4O2/c12-10-17-11-16-8(20)7(9(21)19(11)18-10)6-4(14)1-3(13)2-5(6)15/h1-2,21H,(H,16,17,18,20). The summed E-state index contributed by atoms with van der Waals surface area (Å²) in [6.45, 7) is 0. The molecular weight excluding hydrogens is 357 g/mol. The quantitative estimate of drug-likeness (QED) is 0.694. The number of H-pyrrole nitrogens is 1. The van der Waals surface area contributed by atoms with E-state index in [4.69, 9.17) is 0 Å². The summed E-state index contributed by atoms with van der Waals surface area (Å²) >= 11 is 2.93. The largest absolute Gasteiger partial charge is 0.493 e. The normalized spacial score (nSPS) is 11.2. The van der Waals surface area contributed by atoms with E-state index in [2.05, 4.69) is 31.0 Å². The molecular formula is C11H4BrF3N4O2. The van der Waals surface area contributed by atoms with E-state index in [1.807, 2.05) is 0 Å². The van der Waals surface area contributed by atoms with Crippen LogP contribution in [0.3, 0.4) is 0 Å². The van der Waals surface area contributed by atoms with Gasteiger partial charge in [0.05, 0.1) is 5.56 Å². The number of hydrogen-bond acceptors (Lipinski definition) is 4. The number of aromatic hydroxyl groups is 1. The summed E-state index contributed by atoms with van der Waals surface area (Å²) in [7, 11) is 0. The Hall–Kier alpha value is -2.36. The second-order valence-electron chi connectivity index (χ2n) is 4.01. The zero-order chi connectivity index (χ0) is 15.3. The SMILES string of the molecule is O=c1[nH]c2nc(Br)nn2c(O)c1-c1c(F)cc(F)cc1F. The van der Waals surface area contributed by atoms with Gasteiger partial charge in [-0.15, -0.1) is 5.10 Å². The van der Waals surface area contributed by atoms with E-state index in [0.29, 0.717) is 12.1 Å². The molecule has 0 radical (unpaired) electrons. The first-order valence-electron chi connectivity index (χ1n) is 5.41. The molecule has 1 aromatic carbocycles. The van der Waals surface area contributed by atoms with Gasteiger partial charge >= 0.3 is 0 Å². The van der Waals surface area contributed by atoms with E-state index < -0.39 is 40.0 Å². The van der Waals surface area contributed by atoms with Crippen molar-refractivity contribution in [3.63, 3.8) is 0 Å². The Morgan fingerprint density at radius 1 is 1.19 bits per heavy atom. The van der Waals surface area contributed by atoms with Crippen LogP contribution in [0.1, 0.15) is 0 Å². The number of rotatable bonds is 1. The zero-order valence-corrected chi connectivity index (χ0v) is 11.4. The first kappa shape index (κ1) is 13.6. The van der Waals surface area contributed by atoms with Gasteiger partial charge in [0.2, 0.25) is 16.4 Å². The molecule has 0 bridgehead atoms. The average molecular weight is 361 g/mol. The lowest BCUT2D eigenvalue weighted by atomic mass is 10.1. The van der Waals surface area contributed by atoms with Crippen molar-refractivity contribution in [2.45, 2.75) is 0 Å². The van der Waals surface area contributed by atoms with E-state index in [1.54, 1.807) is 0 Å². The lowest BCUT2D eigenvalue weighted by Gasteiger charge is -2.07. The van der Waals surface area contributed by atoms with Crippen LogP contribution in [-0.4, -0.2) is 24.7 Å². The number of nitrogens with one attached hydrogen (secondary N) is 1. The lowest BCUT2D eigenvalue weighted by Crippen LogP contribution is -2.14. The van der Waals surface area contributed by atoms with Crippen molar-refractivity contribution in [1.29, 1.82) is 0 Å². The molecule has 0 fully saturated rings. The van der Waals surface area contributed by atoms with Gasteiger partial charge in [-0.05, 0) is 15.9 Å². The van der Waals surface area contributed by atoms with Gasteiger partial charge in [0.15, 0.2) is 0 Å². The third-order valence-electron chi connectivity index (χ3n) is 2.71. The average Bonchev–Trinajstić information content (AvgIpc) is 2.73. The van der Waals surface area contributed by atoms with Crippen molar-refractivity contribution >= 4 is 21.7 Å². The zero-order valence-electron chi connectivity index (χ0n) is 9.86. The number of aromatic nitrogens is 4. The third-order valence-corrected chi connectivity index (χ3v) is 3.05. The molecule has 0 aliphatic rings. The summed E-state index contributed by atoms with van der Waals surface area (Å²) in [5.74, 6) is -4.75. The Bertz CT molecular complexity index is 914. The Balaban J connectivity index is 2.43. The summed E-state index contributed by atoms with van der Waals surface area (Å²) in [6.07, 6.45) is 0. The number of hydrogen-bond donors (Lipinski definition) is 2. The van der Waals surface area contributed by atoms with Crippen molar-refractivity contribution < 1.29 is 18.3 Å². The summed E-state index contributed by atoms with van der Waals surface area (Å²) < 4.78 is 41.3. The summed E-state index contributed by atoms with van der Waals surface area (Å²) in [4.78, 5) is 17.9. The van der Waals surface area contributed by atoms with Crippen LogP contribution in [0.15, 0.2) is 21.7 Å². The molecule has 21 heavy (non-hydrogen) atoms. The molecule has 0 unspecified atom stereocenters. The maximum absolute atomic E-state index is 13.8. The molecule has 6 nitrogen and oxygen atoms in total. The first-order valence-corrected chi connectivity index (χ1v) is 6.20. The number of benzene rings is 1. The highest BCUT2D eigenvalue weighted by molar-refractivity contribution is 9.10. The van der Waals surface area contributed by atoms with E-state index in [9.17, 15) is 23.1 Å².